The van der Waals surface area contributed by atoms with E-state index in [1.54, 1.807) is 20.5 Å². The zero-order chi connectivity index (χ0) is 19.5. The summed E-state index contributed by atoms with van der Waals surface area (Å²) in [5, 5.41) is 5.72. The van der Waals surface area contributed by atoms with Crippen LogP contribution < -0.4 is 20.3 Å². The van der Waals surface area contributed by atoms with Gasteiger partial charge < -0.3 is 24.2 Å². The first-order valence-corrected chi connectivity index (χ1v) is 9.53. The number of aromatic nitrogens is 2. The molecule has 4 aromatic rings. The van der Waals surface area contributed by atoms with E-state index < -0.39 is 0 Å². The maximum atomic E-state index is 12.7. The Balaban J connectivity index is 1.62. The molecule has 4 rings (SSSR count). The van der Waals surface area contributed by atoms with Crippen molar-refractivity contribution in [2.75, 3.05) is 14.2 Å². The fraction of sp³-hybridized carbons (Fsp3) is 0.200. The lowest BCUT2D eigenvalue weighted by atomic mass is 10.1. The molecule has 0 aliphatic rings. The van der Waals surface area contributed by atoms with Crippen molar-refractivity contribution in [1.29, 1.82) is 0 Å². The van der Waals surface area contributed by atoms with E-state index >= 15 is 0 Å². The van der Waals surface area contributed by atoms with Crippen LogP contribution in [0.1, 0.15) is 11.6 Å². The number of aromatic amines is 1. The van der Waals surface area contributed by atoms with Gasteiger partial charge >= 0.3 is 0 Å². The largest absolute Gasteiger partial charge is 0.493 e. The van der Waals surface area contributed by atoms with Crippen LogP contribution in [0, 0.1) is 0 Å². The molecule has 7 nitrogen and oxygen atoms in total. The monoisotopic (exact) mass is 397 g/mol. The molecule has 1 aromatic carbocycles. The predicted octanol–water partition coefficient (Wildman–Crippen LogP) is 3.55. The van der Waals surface area contributed by atoms with E-state index in [2.05, 4.69) is 15.3 Å². The smallest absolute Gasteiger partial charge is 0.260 e. The van der Waals surface area contributed by atoms with Gasteiger partial charge in [0.1, 0.15) is 16.4 Å². The summed E-state index contributed by atoms with van der Waals surface area (Å²) in [6.45, 7) is 1.01. The minimum Gasteiger partial charge on any atom is -0.493 e. The minimum absolute atomic E-state index is 0.161. The van der Waals surface area contributed by atoms with Crippen molar-refractivity contribution in [3.8, 4) is 22.6 Å². The molecule has 0 bridgehead atoms. The van der Waals surface area contributed by atoms with Gasteiger partial charge in [-0.25, -0.2) is 4.98 Å². The summed E-state index contributed by atoms with van der Waals surface area (Å²) in [7, 11) is 3.18. The summed E-state index contributed by atoms with van der Waals surface area (Å²) in [6.07, 6.45) is 1.63. The molecule has 0 aliphatic heterocycles. The molecule has 0 fully saturated rings. The topological polar surface area (TPSA) is 89.4 Å². The van der Waals surface area contributed by atoms with E-state index in [0.29, 0.717) is 40.6 Å². The maximum Gasteiger partial charge on any atom is 0.260 e. The van der Waals surface area contributed by atoms with Crippen LogP contribution in [0.4, 0.5) is 0 Å². The molecule has 0 saturated carbocycles. The quantitative estimate of drug-likeness (QED) is 0.496. The van der Waals surface area contributed by atoms with Crippen molar-refractivity contribution in [2.45, 2.75) is 13.1 Å². The van der Waals surface area contributed by atoms with Crippen LogP contribution in [0.15, 0.2) is 51.2 Å². The first-order chi connectivity index (χ1) is 13.7. The average Bonchev–Trinajstić information content (AvgIpc) is 3.37. The molecule has 0 spiro atoms. The molecular formula is C20H19N3O4S. The van der Waals surface area contributed by atoms with Crippen molar-refractivity contribution in [3.63, 3.8) is 0 Å². The summed E-state index contributed by atoms with van der Waals surface area (Å²) in [5.41, 5.74) is 1.54. The number of H-pyrrole nitrogens is 1. The molecule has 2 N–H and O–H groups in total. The van der Waals surface area contributed by atoms with Crippen molar-refractivity contribution < 1.29 is 13.9 Å². The Morgan fingerprint density at radius 2 is 2.04 bits per heavy atom. The van der Waals surface area contributed by atoms with Crippen LogP contribution in [0.3, 0.4) is 0 Å². The number of hydrogen-bond donors (Lipinski definition) is 2. The van der Waals surface area contributed by atoms with Gasteiger partial charge in [-0.1, -0.05) is 6.07 Å². The number of methoxy groups -OCH3 is 2. The van der Waals surface area contributed by atoms with Gasteiger partial charge in [0, 0.05) is 10.9 Å². The SMILES string of the molecule is COc1ccc(-c2csc3nc(CNCc4ccco4)[nH]c(=O)c23)cc1OC. The lowest BCUT2D eigenvalue weighted by Crippen LogP contribution is -2.18. The highest BCUT2D eigenvalue weighted by Crippen LogP contribution is 2.36. The zero-order valence-electron chi connectivity index (χ0n) is 15.4. The van der Waals surface area contributed by atoms with Gasteiger partial charge in [0.15, 0.2) is 11.5 Å². The van der Waals surface area contributed by atoms with Gasteiger partial charge in [0.2, 0.25) is 0 Å². The number of ether oxygens (including phenoxy) is 2. The fourth-order valence-electron chi connectivity index (χ4n) is 3.01. The molecule has 3 aromatic heterocycles. The second kappa shape index (κ2) is 7.87. The number of benzene rings is 1. The first-order valence-electron chi connectivity index (χ1n) is 8.65. The average molecular weight is 397 g/mol. The van der Waals surface area contributed by atoms with E-state index in [1.807, 2.05) is 35.7 Å². The third kappa shape index (κ3) is 3.51. The first kappa shape index (κ1) is 18.3. The van der Waals surface area contributed by atoms with Crippen LogP contribution in [0.2, 0.25) is 0 Å². The number of nitrogens with one attached hydrogen (secondary N) is 2. The minimum atomic E-state index is -0.161. The Kier molecular flexibility index (Phi) is 5.14. The molecule has 0 atom stereocenters. The van der Waals surface area contributed by atoms with E-state index in [9.17, 15) is 4.79 Å². The highest BCUT2D eigenvalue weighted by molar-refractivity contribution is 7.17. The van der Waals surface area contributed by atoms with E-state index in [0.717, 1.165) is 16.9 Å². The third-order valence-electron chi connectivity index (χ3n) is 4.36. The lowest BCUT2D eigenvalue weighted by Gasteiger charge is -2.09. The number of furan rings is 1. The van der Waals surface area contributed by atoms with Crippen LogP contribution in [0.25, 0.3) is 21.3 Å². The van der Waals surface area contributed by atoms with E-state index in [-0.39, 0.29) is 5.56 Å². The summed E-state index contributed by atoms with van der Waals surface area (Å²) in [4.78, 5) is 20.9. The van der Waals surface area contributed by atoms with Crippen molar-refractivity contribution in [1.82, 2.24) is 15.3 Å². The van der Waals surface area contributed by atoms with Crippen LogP contribution in [-0.2, 0) is 13.1 Å². The Hall–Kier alpha value is -3.10. The van der Waals surface area contributed by atoms with Gasteiger partial charge in [-0.15, -0.1) is 11.3 Å². The highest BCUT2D eigenvalue weighted by Gasteiger charge is 2.15. The van der Waals surface area contributed by atoms with Gasteiger partial charge in [-0.2, -0.15) is 0 Å². The molecule has 8 heteroatoms. The van der Waals surface area contributed by atoms with Crippen molar-refractivity contribution >= 4 is 21.6 Å². The van der Waals surface area contributed by atoms with Gasteiger partial charge in [0.25, 0.3) is 5.56 Å². The molecule has 0 radical (unpaired) electrons. The number of rotatable bonds is 7. The molecule has 3 heterocycles. The zero-order valence-corrected chi connectivity index (χ0v) is 16.3. The molecule has 144 valence electrons. The normalized spacial score (nSPS) is 11.1. The second-order valence-corrected chi connectivity index (χ2v) is 6.95. The maximum absolute atomic E-state index is 12.7. The number of thiophene rings is 1. The standard InChI is InChI=1S/C20H19N3O4S/c1-25-15-6-5-12(8-16(15)26-2)14-11-28-20-18(14)19(24)22-17(23-20)10-21-9-13-4-3-7-27-13/h3-8,11,21H,9-10H2,1-2H3,(H,22,23,24). The van der Waals surface area contributed by atoms with E-state index in [1.165, 1.54) is 11.3 Å². The van der Waals surface area contributed by atoms with Crippen LogP contribution in [0.5, 0.6) is 11.5 Å². The molecule has 0 aliphatic carbocycles. The number of fused-ring (bicyclic) bond motifs is 1. The Morgan fingerprint density at radius 1 is 1.18 bits per heavy atom. The van der Waals surface area contributed by atoms with Crippen LogP contribution in [-0.4, -0.2) is 24.2 Å². The molecule has 28 heavy (non-hydrogen) atoms. The Bertz CT molecular complexity index is 1150. The molecule has 0 amide bonds. The summed E-state index contributed by atoms with van der Waals surface area (Å²) in [6, 6.07) is 9.32. The third-order valence-corrected chi connectivity index (χ3v) is 5.23. The van der Waals surface area contributed by atoms with Gasteiger partial charge in [-0.05, 0) is 29.8 Å². The lowest BCUT2D eigenvalue weighted by molar-refractivity contribution is 0.355. The predicted molar refractivity (Wildman–Crippen MR) is 108 cm³/mol. The van der Waals surface area contributed by atoms with Crippen molar-refractivity contribution in [3.05, 3.63) is 63.9 Å². The summed E-state index contributed by atoms with van der Waals surface area (Å²) < 4.78 is 15.9. The highest BCUT2D eigenvalue weighted by atomic mass is 32.1. The second-order valence-electron chi connectivity index (χ2n) is 6.09. The Morgan fingerprint density at radius 3 is 2.79 bits per heavy atom. The summed E-state index contributed by atoms with van der Waals surface area (Å²) in [5.74, 6) is 2.67. The molecule has 0 unspecified atom stereocenters. The molecular weight excluding hydrogens is 378 g/mol. The van der Waals surface area contributed by atoms with Crippen molar-refractivity contribution in [2.24, 2.45) is 0 Å². The molecule has 0 saturated heterocycles. The van der Waals surface area contributed by atoms with Gasteiger partial charge in [0.05, 0.1) is 39.0 Å². The number of hydrogen-bond acceptors (Lipinski definition) is 7. The van der Waals surface area contributed by atoms with Gasteiger partial charge in [-0.3, -0.25) is 4.79 Å². The Labute approximate surface area is 164 Å². The fourth-order valence-corrected chi connectivity index (χ4v) is 3.98. The summed E-state index contributed by atoms with van der Waals surface area (Å²) >= 11 is 1.44. The number of nitrogens with zero attached hydrogens (tertiary/aromatic N) is 1. The van der Waals surface area contributed by atoms with E-state index in [4.69, 9.17) is 13.9 Å². The van der Waals surface area contributed by atoms with Crippen LogP contribution >= 0.6 is 11.3 Å².